The van der Waals surface area contributed by atoms with Crippen LogP contribution in [-0.2, 0) is 0 Å². The van der Waals surface area contributed by atoms with Crippen LogP contribution in [0.15, 0.2) is 0 Å². The molecule has 2 N–H and O–H groups in total. The van der Waals surface area contributed by atoms with Gasteiger partial charge in [-0.25, -0.2) is 0 Å². The Kier molecular flexibility index (Phi) is 6.15. The molecule has 0 aromatic rings. The molecule has 112 valence electrons. The van der Waals surface area contributed by atoms with E-state index in [0.29, 0.717) is 0 Å². The van der Waals surface area contributed by atoms with Crippen molar-refractivity contribution in [2.45, 2.75) is 83.7 Å². The van der Waals surface area contributed by atoms with Gasteiger partial charge in [-0.15, -0.1) is 0 Å². The van der Waals surface area contributed by atoms with E-state index in [-0.39, 0.29) is 0 Å². The lowest BCUT2D eigenvalue weighted by atomic mass is 9.96. The molecule has 0 bridgehead atoms. The molecular weight excluding hydrogens is 232 g/mol. The number of nitrogens with zero attached hydrogens (tertiary/aromatic N) is 1. The minimum absolute atomic E-state index is 0.769. The minimum Gasteiger partial charge on any atom is -0.330 e. The van der Waals surface area contributed by atoms with Crippen molar-refractivity contribution in [2.75, 3.05) is 13.1 Å². The molecule has 2 fully saturated rings. The summed E-state index contributed by atoms with van der Waals surface area (Å²) in [6.07, 6.45) is 12.8. The first-order valence-electron chi connectivity index (χ1n) is 8.75. The third kappa shape index (κ3) is 3.72. The summed E-state index contributed by atoms with van der Waals surface area (Å²) in [7, 11) is 0. The quantitative estimate of drug-likeness (QED) is 0.767. The van der Waals surface area contributed by atoms with Crippen molar-refractivity contribution < 1.29 is 0 Å². The fourth-order valence-corrected chi connectivity index (χ4v) is 4.59. The molecule has 2 saturated carbocycles. The van der Waals surface area contributed by atoms with Gasteiger partial charge in [-0.05, 0) is 57.0 Å². The van der Waals surface area contributed by atoms with E-state index in [1.54, 1.807) is 0 Å². The molecule has 2 nitrogen and oxygen atoms in total. The zero-order chi connectivity index (χ0) is 13.7. The molecule has 4 atom stereocenters. The van der Waals surface area contributed by atoms with Crippen molar-refractivity contribution >= 4 is 0 Å². The van der Waals surface area contributed by atoms with Gasteiger partial charge in [0.05, 0.1) is 0 Å². The van der Waals surface area contributed by atoms with Crippen LogP contribution in [0.4, 0.5) is 0 Å². The van der Waals surface area contributed by atoms with Crippen LogP contribution in [-0.4, -0.2) is 30.1 Å². The molecule has 4 unspecified atom stereocenters. The Balaban J connectivity index is 1.96. The largest absolute Gasteiger partial charge is 0.330 e. The van der Waals surface area contributed by atoms with Gasteiger partial charge in [-0.1, -0.05) is 39.5 Å². The third-order valence-corrected chi connectivity index (χ3v) is 5.82. The van der Waals surface area contributed by atoms with E-state index in [1.165, 1.54) is 64.3 Å². The van der Waals surface area contributed by atoms with E-state index in [4.69, 9.17) is 5.73 Å². The summed E-state index contributed by atoms with van der Waals surface area (Å²) in [5.74, 6) is 1.77. The first kappa shape index (κ1) is 15.3. The third-order valence-electron chi connectivity index (χ3n) is 5.82. The molecule has 0 amide bonds. The molecule has 19 heavy (non-hydrogen) atoms. The van der Waals surface area contributed by atoms with Gasteiger partial charge >= 0.3 is 0 Å². The Bertz CT molecular complexity index is 254. The molecule has 0 radical (unpaired) electrons. The van der Waals surface area contributed by atoms with E-state index in [2.05, 4.69) is 18.7 Å². The average molecular weight is 266 g/mol. The number of nitrogens with two attached hydrogens (primary N) is 1. The van der Waals surface area contributed by atoms with Crippen molar-refractivity contribution in [1.82, 2.24) is 4.90 Å². The Morgan fingerprint density at radius 2 is 1.74 bits per heavy atom. The Morgan fingerprint density at radius 3 is 2.42 bits per heavy atom. The zero-order valence-corrected chi connectivity index (χ0v) is 13.1. The molecule has 2 rings (SSSR count). The first-order valence-corrected chi connectivity index (χ1v) is 8.75. The van der Waals surface area contributed by atoms with Gasteiger partial charge in [0.15, 0.2) is 0 Å². The molecule has 2 heteroatoms. The molecule has 0 aromatic heterocycles. The summed E-state index contributed by atoms with van der Waals surface area (Å²) < 4.78 is 0. The van der Waals surface area contributed by atoms with Crippen molar-refractivity contribution in [3.05, 3.63) is 0 Å². The summed E-state index contributed by atoms with van der Waals surface area (Å²) in [5.41, 5.74) is 5.99. The highest BCUT2D eigenvalue weighted by Gasteiger charge is 2.34. The summed E-state index contributed by atoms with van der Waals surface area (Å²) in [5, 5.41) is 0. The van der Waals surface area contributed by atoms with Crippen LogP contribution < -0.4 is 5.73 Å². The highest BCUT2D eigenvalue weighted by Crippen LogP contribution is 2.35. The molecule has 2 aliphatic rings. The first-order chi connectivity index (χ1) is 9.30. The van der Waals surface area contributed by atoms with E-state index < -0.39 is 0 Å². The van der Waals surface area contributed by atoms with E-state index >= 15 is 0 Å². The van der Waals surface area contributed by atoms with Gasteiger partial charge in [0.1, 0.15) is 0 Å². The number of hydrogen-bond acceptors (Lipinski definition) is 2. The van der Waals surface area contributed by atoms with E-state index in [1.807, 2.05) is 0 Å². The number of hydrogen-bond donors (Lipinski definition) is 1. The minimum atomic E-state index is 0.769. The van der Waals surface area contributed by atoms with Gasteiger partial charge in [0, 0.05) is 12.1 Å². The van der Waals surface area contributed by atoms with Gasteiger partial charge in [-0.2, -0.15) is 0 Å². The monoisotopic (exact) mass is 266 g/mol. The van der Waals surface area contributed by atoms with Gasteiger partial charge in [0.25, 0.3) is 0 Å². The average Bonchev–Trinajstić information content (AvgIpc) is 2.77. The van der Waals surface area contributed by atoms with Crippen LogP contribution in [0, 0.1) is 11.8 Å². The van der Waals surface area contributed by atoms with Crippen molar-refractivity contribution in [1.29, 1.82) is 0 Å². The van der Waals surface area contributed by atoms with Crippen LogP contribution in [0.1, 0.15) is 71.6 Å². The van der Waals surface area contributed by atoms with Gasteiger partial charge < -0.3 is 5.73 Å². The normalized spacial score (nSPS) is 36.6. The van der Waals surface area contributed by atoms with Crippen molar-refractivity contribution in [3.8, 4) is 0 Å². The highest BCUT2D eigenvalue weighted by atomic mass is 15.2. The second-order valence-electron chi connectivity index (χ2n) is 6.76. The van der Waals surface area contributed by atoms with Crippen LogP contribution in [0.5, 0.6) is 0 Å². The lowest BCUT2D eigenvalue weighted by molar-refractivity contribution is 0.103. The fraction of sp³-hybridized carbons (Fsp3) is 1.00. The molecule has 0 aliphatic heterocycles. The summed E-state index contributed by atoms with van der Waals surface area (Å²) in [6.45, 7) is 6.84. The van der Waals surface area contributed by atoms with Gasteiger partial charge in [0.2, 0.25) is 0 Å². The molecular formula is C17H34N2. The lowest BCUT2D eigenvalue weighted by Gasteiger charge is -2.38. The Labute approximate surface area is 120 Å². The molecule has 0 saturated heterocycles. The van der Waals surface area contributed by atoms with Crippen LogP contribution >= 0.6 is 0 Å². The second-order valence-corrected chi connectivity index (χ2v) is 6.76. The molecule has 0 aromatic carbocycles. The van der Waals surface area contributed by atoms with Crippen molar-refractivity contribution in [2.24, 2.45) is 17.6 Å². The van der Waals surface area contributed by atoms with E-state index in [9.17, 15) is 0 Å². The van der Waals surface area contributed by atoms with E-state index in [0.717, 1.165) is 30.5 Å². The highest BCUT2D eigenvalue weighted by molar-refractivity contribution is 4.89. The standard InChI is InChI=1S/C17H34N2/c1-3-14-7-5-9-16(12-11-14)19(4-2)17-10-6-8-15(17)13-18/h14-17H,3-13,18H2,1-2H3. The Hall–Kier alpha value is -0.0800. The predicted octanol–water partition coefficient (Wildman–Crippen LogP) is 3.79. The number of rotatable bonds is 5. The summed E-state index contributed by atoms with van der Waals surface area (Å²) >= 11 is 0. The lowest BCUT2D eigenvalue weighted by Crippen LogP contribution is -2.46. The smallest absolute Gasteiger partial charge is 0.0138 e. The Morgan fingerprint density at radius 1 is 0.947 bits per heavy atom. The molecule has 2 aliphatic carbocycles. The molecule has 0 spiro atoms. The maximum absolute atomic E-state index is 5.99. The van der Waals surface area contributed by atoms with Crippen LogP contribution in [0.2, 0.25) is 0 Å². The van der Waals surface area contributed by atoms with Gasteiger partial charge in [-0.3, -0.25) is 4.90 Å². The summed E-state index contributed by atoms with van der Waals surface area (Å²) in [6, 6.07) is 1.64. The van der Waals surface area contributed by atoms with Crippen molar-refractivity contribution in [3.63, 3.8) is 0 Å². The second kappa shape index (κ2) is 7.64. The maximum atomic E-state index is 5.99. The SMILES string of the molecule is CCC1CCCC(N(CC)C2CCCC2CN)CC1. The fourth-order valence-electron chi connectivity index (χ4n) is 4.59. The van der Waals surface area contributed by atoms with Crippen LogP contribution in [0.25, 0.3) is 0 Å². The zero-order valence-electron chi connectivity index (χ0n) is 13.1. The summed E-state index contributed by atoms with van der Waals surface area (Å²) in [4.78, 5) is 2.84. The topological polar surface area (TPSA) is 29.3 Å². The molecule has 0 heterocycles. The maximum Gasteiger partial charge on any atom is 0.0138 e. The van der Waals surface area contributed by atoms with Crippen LogP contribution in [0.3, 0.4) is 0 Å². The predicted molar refractivity (Wildman–Crippen MR) is 83.2 cm³/mol.